The summed E-state index contributed by atoms with van der Waals surface area (Å²) in [6.45, 7) is 5.82. The molecule has 0 aliphatic heterocycles. The summed E-state index contributed by atoms with van der Waals surface area (Å²) in [6, 6.07) is 32.3. The van der Waals surface area contributed by atoms with Gasteiger partial charge in [0.2, 0.25) is 0 Å². The predicted molar refractivity (Wildman–Crippen MR) is 122 cm³/mol. The summed E-state index contributed by atoms with van der Waals surface area (Å²) in [7, 11) is -0.446. The second kappa shape index (κ2) is 19.0. The van der Waals surface area contributed by atoms with E-state index < -0.39 is 7.92 Å². The van der Waals surface area contributed by atoms with E-state index in [0.29, 0.717) is 0 Å². The second-order valence-electron chi connectivity index (χ2n) is 5.51. The summed E-state index contributed by atoms with van der Waals surface area (Å²) in [5.74, 6) is 0. The van der Waals surface area contributed by atoms with Crippen LogP contribution in [-0.4, -0.2) is 6.29 Å². The zero-order chi connectivity index (χ0) is 21.2. The molecule has 3 aromatic carbocycles. The van der Waals surface area contributed by atoms with Crippen molar-refractivity contribution in [2.45, 2.75) is 6.92 Å². The van der Waals surface area contributed by atoms with Gasteiger partial charge in [-0.25, -0.2) is 0 Å². The average Bonchev–Trinajstić information content (AvgIpc) is 3.39. The van der Waals surface area contributed by atoms with E-state index >= 15 is 0 Å². The Morgan fingerprint density at radius 2 is 0.800 bits per heavy atom. The molecule has 4 rings (SSSR count). The van der Waals surface area contributed by atoms with Crippen molar-refractivity contribution in [3.05, 3.63) is 130 Å². The van der Waals surface area contributed by atoms with Gasteiger partial charge >= 0.3 is 28.4 Å². The molecule has 0 heterocycles. The molecule has 1 saturated carbocycles. The third-order valence-electron chi connectivity index (χ3n) is 3.60. The summed E-state index contributed by atoms with van der Waals surface area (Å²) in [5.41, 5.74) is 0. The summed E-state index contributed by atoms with van der Waals surface area (Å²) >= 11 is 0. The third kappa shape index (κ3) is 10.7. The van der Waals surface area contributed by atoms with E-state index in [1.165, 1.54) is 29.1 Å². The van der Waals surface area contributed by atoms with Gasteiger partial charge in [0, 0.05) is 0 Å². The van der Waals surface area contributed by atoms with E-state index in [1.54, 1.807) is 0 Å². The first-order chi connectivity index (χ1) is 14.4. The number of hydrogen-bond acceptors (Lipinski definition) is 1. The van der Waals surface area contributed by atoms with Crippen LogP contribution >= 0.6 is 7.92 Å². The van der Waals surface area contributed by atoms with Crippen molar-refractivity contribution >= 4 is 30.1 Å². The quantitative estimate of drug-likeness (QED) is 0.248. The van der Waals surface area contributed by atoms with Crippen LogP contribution in [0.15, 0.2) is 91.0 Å². The molecule has 2 nitrogen and oxygen atoms in total. The summed E-state index contributed by atoms with van der Waals surface area (Å²) in [6.07, 6.45) is 11.5. The van der Waals surface area contributed by atoms with Crippen LogP contribution in [0.1, 0.15) is 6.92 Å². The van der Waals surface area contributed by atoms with E-state index in [4.69, 9.17) is 9.45 Å². The summed E-state index contributed by atoms with van der Waals surface area (Å²) < 4.78 is 7.50. The van der Waals surface area contributed by atoms with E-state index in [2.05, 4.69) is 97.6 Å². The maximum absolute atomic E-state index is 8.68. The van der Waals surface area contributed by atoms with Crippen molar-refractivity contribution < 1.29 is 26.5 Å². The van der Waals surface area contributed by atoms with Gasteiger partial charge in [-0.2, -0.15) is 6.92 Å². The standard InChI is InChI=1S/C18H15P.C5H5.C2H3O.CO.Fe/c1-4-10-16(11-5-1)19(17-12-6-2-7-13-17)18-14-8-3-9-15-18;1-2-4-5-3-1;1-2-3;1-2;/h1-15H;1-5H;1H3;;/q;;-1;;+2. The topological polar surface area (TPSA) is 37.0 Å². The van der Waals surface area contributed by atoms with Crippen LogP contribution < -0.4 is 15.9 Å². The maximum atomic E-state index is 8.68. The molecule has 4 heteroatoms. The first-order valence-corrected chi connectivity index (χ1v) is 10.3. The molecule has 0 amide bonds. The van der Waals surface area contributed by atoms with Gasteiger partial charge < -0.3 is 4.79 Å². The number of hydrogen-bond donors (Lipinski definition) is 0. The fourth-order valence-electron chi connectivity index (χ4n) is 2.50. The monoisotopic (exact) mass is 454 g/mol. The molecule has 5 radical (unpaired) electrons. The van der Waals surface area contributed by atoms with Gasteiger partial charge in [0.15, 0.2) is 0 Å². The zero-order valence-electron chi connectivity index (χ0n) is 16.7. The molecule has 0 N–H and O–H groups in total. The van der Waals surface area contributed by atoms with Crippen LogP contribution in [0, 0.1) is 38.8 Å². The number of benzene rings is 3. The Morgan fingerprint density at radius 3 is 1.00 bits per heavy atom. The van der Waals surface area contributed by atoms with Crippen molar-refractivity contribution in [1.82, 2.24) is 0 Å². The Bertz CT molecular complexity index is 687. The molecule has 1 aliphatic rings. The Kier molecular flexibility index (Phi) is 17.8. The normalized spacial score (nSPS) is 11.2. The average molecular weight is 454 g/mol. The minimum absolute atomic E-state index is 0. The van der Waals surface area contributed by atoms with Gasteiger partial charge in [0.1, 0.15) is 0 Å². The van der Waals surface area contributed by atoms with Crippen LogP contribution in [0.3, 0.4) is 0 Å². The van der Waals surface area contributed by atoms with Crippen molar-refractivity contribution in [2.75, 3.05) is 0 Å². The Balaban J connectivity index is 0.000000643. The fourth-order valence-corrected chi connectivity index (χ4v) is 4.80. The number of rotatable bonds is 3. The minimum Gasteiger partial charge on any atom is -0.0622 e. The molecule has 0 bridgehead atoms. The molecule has 0 atom stereocenters. The molecule has 0 spiro atoms. The fraction of sp³-hybridized carbons (Fsp3) is 0.0385. The van der Waals surface area contributed by atoms with Crippen LogP contribution in [0.25, 0.3) is 0 Å². The van der Waals surface area contributed by atoms with Gasteiger partial charge in [-0.3, -0.25) is 6.29 Å². The summed E-state index contributed by atoms with van der Waals surface area (Å²) in [4.78, 5) is 8.68. The molecule has 0 saturated heterocycles. The van der Waals surface area contributed by atoms with Gasteiger partial charge in [-0.1, -0.05) is 91.0 Å². The van der Waals surface area contributed by atoms with E-state index in [-0.39, 0.29) is 17.1 Å². The molecule has 0 aromatic heterocycles. The molecule has 30 heavy (non-hydrogen) atoms. The Labute approximate surface area is 193 Å². The van der Waals surface area contributed by atoms with Crippen LogP contribution in [0.5, 0.6) is 0 Å². The van der Waals surface area contributed by atoms with Crippen molar-refractivity contribution in [1.29, 1.82) is 0 Å². The molecule has 1 fully saturated rings. The number of carbonyl (C=O) groups excluding carboxylic acids is 1. The Morgan fingerprint density at radius 1 is 0.600 bits per heavy atom. The largest absolute Gasteiger partial charge is 2.00 e. The maximum Gasteiger partial charge on any atom is 2.00 e. The molecule has 1 aliphatic carbocycles. The first-order valence-electron chi connectivity index (χ1n) is 8.98. The third-order valence-corrected chi connectivity index (χ3v) is 6.04. The van der Waals surface area contributed by atoms with Gasteiger partial charge in [-0.05, 0) is 55.9 Å². The zero-order valence-corrected chi connectivity index (χ0v) is 18.7. The van der Waals surface area contributed by atoms with Crippen molar-refractivity contribution in [3.8, 4) is 0 Å². The van der Waals surface area contributed by atoms with Gasteiger partial charge in [0.25, 0.3) is 0 Å². The molecule has 151 valence electrons. The molecule has 3 aromatic rings. The minimum atomic E-state index is -0.446. The molecular formula is C26H23FeO2P+. The van der Waals surface area contributed by atoms with E-state index in [0.717, 1.165) is 0 Å². The second-order valence-corrected chi connectivity index (χ2v) is 7.73. The van der Waals surface area contributed by atoms with Crippen molar-refractivity contribution in [2.24, 2.45) is 0 Å². The Hall–Kier alpha value is -1.98. The smallest absolute Gasteiger partial charge is 0.0622 e. The van der Waals surface area contributed by atoms with Crippen molar-refractivity contribution in [3.63, 3.8) is 0 Å². The van der Waals surface area contributed by atoms with Gasteiger partial charge in [-0.15, -0.1) is 0 Å². The van der Waals surface area contributed by atoms with E-state index in [9.17, 15) is 0 Å². The van der Waals surface area contributed by atoms with Gasteiger partial charge in [0.05, 0.1) is 0 Å². The SMILES string of the molecule is C[C-]=O.[C-]#[O+].[CH]1[CH][CH][CH][CH]1.[Fe+2].c1ccc(P(c2ccccc2)c2ccccc2)cc1. The predicted octanol–water partition coefficient (Wildman–Crippen LogP) is 4.54. The molecule has 0 unspecified atom stereocenters. The molecular weight excluding hydrogens is 431 g/mol. The van der Waals surface area contributed by atoms with Crippen LogP contribution in [0.4, 0.5) is 0 Å². The summed E-state index contributed by atoms with van der Waals surface area (Å²) in [5, 5.41) is 4.19. The first kappa shape index (κ1) is 28.0. The van der Waals surface area contributed by atoms with Crippen LogP contribution in [0.2, 0.25) is 0 Å². The van der Waals surface area contributed by atoms with Crippen LogP contribution in [-0.2, 0) is 26.5 Å². The van der Waals surface area contributed by atoms with E-state index in [1.807, 2.05) is 32.1 Å².